The minimum atomic E-state index is -1.21. The minimum absolute atomic E-state index is 0.00301. The number of H-pyrrole nitrogens is 1. The highest BCUT2D eigenvalue weighted by Crippen LogP contribution is 2.20. The van der Waals surface area contributed by atoms with Crippen LogP contribution in [0.1, 0.15) is 70.9 Å². The van der Waals surface area contributed by atoms with Gasteiger partial charge >= 0.3 is 0 Å². The van der Waals surface area contributed by atoms with Crippen LogP contribution in [0.2, 0.25) is 0 Å². The zero-order valence-corrected chi connectivity index (χ0v) is 31.7. The molecule has 0 radical (unpaired) electrons. The Kier molecular flexibility index (Phi) is 15.6. The fourth-order valence-corrected chi connectivity index (χ4v) is 6.68. The molecule has 0 spiro atoms. The van der Waals surface area contributed by atoms with E-state index in [0.29, 0.717) is 12.8 Å². The lowest BCUT2D eigenvalue weighted by atomic mass is 9.99. The van der Waals surface area contributed by atoms with E-state index in [1.807, 2.05) is 82.3 Å². The molecule has 1 aliphatic rings. The molecule has 6 amide bonds. The lowest BCUT2D eigenvalue weighted by molar-refractivity contribution is -0.134. The van der Waals surface area contributed by atoms with Gasteiger partial charge in [-0.2, -0.15) is 0 Å². The largest absolute Gasteiger partial charge is 0.370 e. The molecular formula is C40H56N8O6. The van der Waals surface area contributed by atoms with E-state index >= 15 is 0 Å². The van der Waals surface area contributed by atoms with E-state index in [1.54, 1.807) is 6.20 Å². The van der Waals surface area contributed by atoms with Crippen molar-refractivity contribution in [3.63, 3.8) is 0 Å². The molecule has 9 N–H and O–H groups in total. The molecular weight excluding hydrogens is 688 g/mol. The van der Waals surface area contributed by atoms with Gasteiger partial charge in [-0.25, -0.2) is 0 Å². The van der Waals surface area contributed by atoms with Gasteiger partial charge in [0.05, 0.1) is 6.04 Å². The average Bonchev–Trinajstić information content (AvgIpc) is 3.53. The predicted molar refractivity (Wildman–Crippen MR) is 207 cm³/mol. The molecule has 0 saturated carbocycles. The van der Waals surface area contributed by atoms with Crippen LogP contribution >= 0.6 is 0 Å². The van der Waals surface area contributed by atoms with Crippen molar-refractivity contribution >= 4 is 46.3 Å². The molecule has 1 aromatic heterocycles. The number of nitrogens with two attached hydrogens (primary N) is 1. The van der Waals surface area contributed by atoms with Gasteiger partial charge in [0.25, 0.3) is 0 Å². The summed E-state index contributed by atoms with van der Waals surface area (Å²) in [6.45, 7) is 8.33. The van der Waals surface area contributed by atoms with Crippen LogP contribution in [0.15, 0.2) is 60.8 Å². The molecule has 3 aromatic rings. The van der Waals surface area contributed by atoms with Crippen LogP contribution in [0.25, 0.3) is 10.9 Å². The summed E-state index contributed by atoms with van der Waals surface area (Å²) in [6.07, 6.45) is 2.73. The molecule has 292 valence electrons. The second-order valence-electron chi connectivity index (χ2n) is 15.0. The third-order valence-electron chi connectivity index (χ3n) is 9.37. The number of aromatic nitrogens is 1. The molecule has 2 unspecified atom stereocenters. The van der Waals surface area contributed by atoms with E-state index in [9.17, 15) is 28.8 Å². The quantitative estimate of drug-likeness (QED) is 0.145. The summed E-state index contributed by atoms with van der Waals surface area (Å²) in [7, 11) is 0. The summed E-state index contributed by atoms with van der Waals surface area (Å²) in [4.78, 5) is 84.2. The number of hydrogen-bond acceptors (Lipinski definition) is 7. The van der Waals surface area contributed by atoms with Crippen molar-refractivity contribution < 1.29 is 28.8 Å². The number of para-hydroxylation sites is 1. The first-order valence-corrected chi connectivity index (χ1v) is 18.9. The SMILES string of the molecule is CC(C)CC1CNC(CC(C)C)C(=O)N[C@@H](CCC(N)=O)C(=O)N[C@@H](Cc2c[nH]c3ccccc23)C(=O)N[C@@H](Cc2ccccc2)C(=O)NCCC(=O)N1. The van der Waals surface area contributed by atoms with Crippen molar-refractivity contribution in [3.05, 3.63) is 71.9 Å². The topological polar surface area (TPSA) is 216 Å². The van der Waals surface area contributed by atoms with Crippen molar-refractivity contribution in [1.29, 1.82) is 0 Å². The number of amides is 6. The molecule has 2 heterocycles. The molecule has 2 aromatic carbocycles. The monoisotopic (exact) mass is 744 g/mol. The third-order valence-corrected chi connectivity index (χ3v) is 9.37. The Hall–Kier alpha value is -5.24. The van der Waals surface area contributed by atoms with Gasteiger partial charge in [0.1, 0.15) is 18.1 Å². The number of primary amides is 1. The average molecular weight is 745 g/mol. The molecule has 0 aliphatic carbocycles. The molecule has 4 rings (SSSR count). The van der Waals surface area contributed by atoms with E-state index < -0.39 is 53.7 Å². The van der Waals surface area contributed by atoms with E-state index in [2.05, 4.69) is 36.9 Å². The second-order valence-corrected chi connectivity index (χ2v) is 15.0. The molecule has 1 saturated heterocycles. The zero-order valence-electron chi connectivity index (χ0n) is 31.7. The van der Waals surface area contributed by atoms with Gasteiger partial charge in [-0.1, -0.05) is 76.2 Å². The van der Waals surface area contributed by atoms with Crippen LogP contribution < -0.4 is 37.6 Å². The Labute approximate surface area is 316 Å². The van der Waals surface area contributed by atoms with Gasteiger partial charge in [0, 0.05) is 61.9 Å². The molecule has 5 atom stereocenters. The Morgan fingerprint density at radius 3 is 2.02 bits per heavy atom. The molecule has 14 heteroatoms. The van der Waals surface area contributed by atoms with Gasteiger partial charge in [-0.05, 0) is 48.3 Å². The molecule has 0 bridgehead atoms. The van der Waals surface area contributed by atoms with Crippen LogP contribution in [-0.4, -0.2) is 83.7 Å². The first-order chi connectivity index (χ1) is 25.8. The van der Waals surface area contributed by atoms with E-state index in [4.69, 9.17) is 5.73 Å². The van der Waals surface area contributed by atoms with E-state index in [1.165, 1.54) is 0 Å². The number of nitrogens with one attached hydrogen (secondary N) is 7. The fraction of sp³-hybridized carbons (Fsp3) is 0.500. The number of carbonyl (C=O) groups is 6. The minimum Gasteiger partial charge on any atom is -0.370 e. The van der Waals surface area contributed by atoms with Crippen molar-refractivity contribution in [1.82, 2.24) is 36.9 Å². The summed E-state index contributed by atoms with van der Waals surface area (Å²) < 4.78 is 0. The lowest BCUT2D eigenvalue weighted by Gasteiger charge is -2.28. The third kappa shape index (κ3) is 13.0. The summed E-state index contributed by atoms with van der Waals surface area (Å²) in [6, 6.07) is 12.2. The van der Waals surface area contributed by atoms with Crippen molar-refractivity contribution in [2.45, 2.75) is 103 Å². The van der Waals surface area contributed by atoms with Crippen LogP contribution in [0.4, 0.5) is 0 Å². The number of aromatic amines is 1. The maximum atomic E-state index is 14.2. The number of benzene rings is 2. The summed E-state index contributed by atoms with van der Waals surface area (Å²) in [5.41, 5.74) is 7.86. The maximum absolute atomic E-state index is 14.2. The van der Waals surface area contributed by atoms with Gasteiger partial charge in [0.2, 0.25) is 35.4 Å². The standard InChI is InChI=1S/C40H56N8O6/c1-24(2)18-28-23-44-32(19-25(3)4)39(53)46-31(14-15-35(41)49)38(52)48-34(21-27-22-43-30-13-9-8-12-29(27)30)40(54)47-33(20-26-10-6-5-7-11-26)37(51)42-17-16-36(50)45-28/h5-13,22,24-25,28,31-34,43-44H,14-21,23H2,1-4H3,(H2,41,49)(H,42,51)(H,45,50)(H,46,53)(H,47,54)(H,48,52)/t28?,31-,32?,33-,34-/m0/s1. The van der Waals surface area contributed by atoms with Crippen molar-refractivity contribution in [2.24, 2.45) is 17.6 Å². The van der Waals surface area contributed by atoms with Crippen LogP contribution in [0, 0.1) is 11.8 Å². The molecule has 1 fully saturated rings. The second kappa shape index (κ2) is 20.3. The first-order valence-electron chi connectivity index (χ1n) is 18.9. The molecule has 14 nitrogen and oxygen atoms in total. The van der Waals surface area contributed by atoms with Crippen LogP contribution in [0.5, 0.6) is 0 Å². The van der Waals surface area contributed by atoms with Crippen molar-refractivity contribution in [2.75, 3.05) is 13.1 Å². The number of fused-ring (bicyclic) bond motifs is 1. The molecule has 1 aliphatic heterocycles. The number of carbonyl (C=O) groups excluding carboxylic acids is 6. The van der Waals surface area contributed by atoms with Gasteiger partial charge in [0.15, 0.2) is 0 Å². The first kappa shape index (κ1) is 41.5. The van der Waals surface area contributed by atoms with Gasteiger partial charge < -0.3 is 42.6 Å². The predicted octanol–water partition coefficient (Wildman–Crippen LogP) is 1.73. The Morgan fingerprint density at radius 1 is 0.722 bits per heavy atom. The summed E-state index contributed by atoms with van der Waals surface area (Å²) in [5.74, 6) is -2.85. The molecule has 54 heavy (non-hydrogen) atoms. The Morgan fingerprint density at radius 2 is 1.33 bits per heavy atom. The van der Waals surface area contributed by atoms with E-state index in [-0.39, 0.29) is 69.0 Å². The fourth-order valence-electron chi connectivity index (χ4n) is 6.68. The number of rotatable bonds is 11. The van der Waals surface area contributed by atoms with E-state index in [0.717, 1.165) is 22.0 Å². The summed E-state index contributed by atoms with van der Waals surface area (Å²) >= 11 is 0. The van der Waals surface area contributed by atoms with Gasteiger partial charge in [-0.3, -0.25) is 28.8 Å². The highest BCUT2D eigenvalue weighted by molar-refractivity contribution is 5.96. The van der Waals surface area contributed by atoms with Crippen LogP contribution in [0.3, 0.4) is 0 Å². The maximum Gasteiger partial charge on any atom is 0.243 e. The summed E-state index contributed by atoms with van der Waals surface area (Å²) in [5, 5.41) is 18.5. The lowest BCUT2D eigenvalue weighted by Crippen LogP contribution is -2.59. The van der Waals surface area contributed by atoms with Crippen LogP contribution in [-0.2, 0) is 41.6 Å². The Balaban J connectivity index is 1.72. The van der Waals surface area contributed by atoms with Crippen molar-refractivity contribution in [3.8, 4) is 0 Å². The normalized spacial score (nSPS) is 22.7. The number of hydrogen-bond donors (Lipinski definition) is 8. The highest BCUT2D eigenvalue weighted by atomic mass is 16.2. The smallest absolute Gasteiger partial charge is 0.243 e. The Bertz CT molecular complexity index is 1740. The van der Waals surface area contributed by atoms with Gasteiger partial charge in [-0.15, -0.1) is 0 Å². The zero-order chi connectivity index (χ0) is 39.2. The highest BCUT2D eigenvalue weighted by Gasteiger charge is 2.32.